The number of hydrogen-bond acceptors (Lipinski definition) is 7. The number of aromatic nitrogens is 2. The van der Waals surface area contributed by atoms with E-state index in [9.17, 15) is 0 Å². The van der Waals surface area contributed by atoms with Crippen LogP contribution in [0.2, 0.25) is 0 Å². The number of nitrogens with zero attached hydrogens (tertiary/aromatic N) is 4. The molecule has 2 aromatic rings. The Kier molecular flexibility index (Phi) is 4.24. The van der Waals surface area contributed by atoms with Crippen molar-refractivity contribution in [2.75, 3.05) is 54.7 Å². The zero-order valence-electron chi connectivity index (χ0n) is 12.7. The summed E-state index contributed by atoms with van der Waals surface area (Å²) in [6, 6.07) is 9.82. The van der Waals surface area contributed by atoms with Gasteiger partial charge in [-0.05, 0) is 19.2 Å². The summed E-state index contributed by atoms with van der Waals surface area (Å²) < 4.78 is 0. The average Bonchev–Trinajstić information content (AvgIpc) is 2.56. The topological polar surface area (TPSA) is 82.3 Å². The third-order valence-corrected chi connectivity index (χ3v) is 3.76. The summed E-state index contributed by atoms with van der Waals surface area (Å²) >= 11 is 0. The van der Waals surface area contributed by atoms with Gasteiger partial charge in [-0.15, -0.1) is 0 Å². The molecule has 1 aliphatic rings. The van der Waals surface area contributed by atoms with Crippen molar-refractivity contribution in [2.45, 2.75) is 0 Å². The van der Waals surface area contributed by atoms with Crippen LogP contribution in [0.1, 0.15) is 0 Å². The lowest BCUT2D eigenvalue weighted by Gasteiger charge is -2.33. The van der Waals surface area contributed by atoms with Gasteiger partial charge in [-0.3, -0.25) is 10.9 Å². The van der Waals surface area contributed by atoms with E-state index in [-0.39, 0.29) is 0 Å². The van der Waals surface area contributed by atoms with Crippen LogP contribution in [0.4, 0.5) is 23.0 Å². The highest BCUT2D eigenvalue weighted by Crippen LogP contribution is 2.26. The van der Waals surface area contributed by atoms with E-state index in [1.54, 1.807) is 6.33 Å². The number of benzene rings is 1. The number of piperazine rings is 1. The fourth-order valence-corrected chi connectivity index (χ4v) is 2.41. The van der Waals surface area contributed by atoms with Crippen molar-refractivity contribution >= 4 is 23.0 Å². The maximum atomic E-state index is 6.23. The average molecular weight is 299 g/mol. The maximum absolute atomic E-state index is 6.23. The summed E-state index contributed by atoms with van der Waals surface area (Å²) in [4.78, 5) is 13.1. The summed E-state index contributed by atoms with van der Waals surface area (Å²) in [5.74, 6) is 1.38. The summed E-state index contributed by atoms with van der Waals surface area (Å²) in [6.45, 7) is 3.86. The minimum Gasteiger partial charge on any atom is -0.393 e. The highest BCUT2D eigenvalue weighted by atomic mass is 15.4. The molecule has 7 heteroatoms. The fourth-order valence-electron chi connectivity index (χ4n) is 2.41. The minimum absolute atomic E-state index is 0.565. The van der Waals surface area contributed by atoms with E-state index < -0.39 is 0 Å². The molecule has 0 atom stereocenters. The Morgan fingerprint density at radius 1 is 1.00 bits per heavy atom. The lowest BCUT2D eigenvalue weighted by molar-refractivity contribution is 0.312. The van der Waals surface area contributed by atoms with E-state index in [0.717, 1.165) is 37.7 Å². The van der Waals surface area contributed by atoms with Crippen LogP contribution >= 0.6 is 0 Å². The van der Waals surface area contributed by atoms with Gasteiger partial charge in [0.1, 0.15) is 12.0 Å². The molecule has 3 rings (SSSR count). The molecule has 0 bridgehead atoms. The number of nitrogen functional groups attached to an aromatic ring is 1. The Morgan fingerprint density at radius 2 is 1.73 bits per heavy atom. The number of likely N-dealkylation sites (N-methyl/N-ethyl adjacent to an activating group) is 1. The molecule has 2 heterocycles. The van der Waals surface area contributed by atoms with Gasteiger partial charge in [0.25, 0.3) is 0 Å². The Hall–Kier alpha value is -2.54. The minimum atomic E-state index is 0.565. The van der Waals surface area contributed by atoms with Gasteiger partial charge in [-0.2, -0.15) is 0 Å². The van der Waals surface area contributed by atoms with Gasteiger partial charge >= 0.3 is 0 Å². The van der Waals surface area contributed by atoms with Crippen molar-refractivity contribution in [1.29, 1.82) is 0 Å². The summed E-state index contributed by atoms with van der Waals surface area (Å²) in [7, 11) is 2.12. The number of rotatable bonds is 4. The molecule has 0 saturated carbocycles. The van der Waals surface area contributed by atoms with Gasteiger partial charge in [0.2, 0.25) is 0 Å². The van der Waals surface area contributed by atoms with Crippen LogP contribution in [0.15, 0.2) is 36.7 Å². The van der Waals surface area contributed by atoms with E-state index in [4.69, 9.17) is 5.73 Å². The zero-order chi connectivity index (χ0) is 15.4. The molecule has 1 fully saturated rings. The third-order valence-electron chi connectivity index (χ3n) is 3.76. The molecule has 1 saturated heterocycles. The molecule has 1 aliphatic heterocycles. The first-order valence-corrected chi connectivity index (χ1v) is 7.35. The predicted octanol–water partition coefficient (Wildman–Crippen LogP) is 1.25. The number of hydrogen-bond donors (Lipinski definition) is 3. The Bertz CT molecular complexity index is 609. The molecule has 7 nitrogen and oxygen atoms in total. The Labute approximate surface area is 130 Å². The van der Waals surface area contributed by atoms with Crippen molar-refractivity contribution in [3.8, 4) is 0 Å². The van der Waals surface area contributed by atoms with Crippen molar-refractivity contribution in [1.82, 2.24) is 14.9 Å². The van der Waals surface area contributed by atoms with Gasteiger partial charge in [0.05, 0.1) is 5.69 Å². The highest BCUT2D eigenvalue weighted by Gasteiger charge is 2.19. The van der Waals surface area contributed by atoms with Gasteiger partial charge in [0.15, 0.2) is 11.6 Å². The van der Waals surface area contributed by atoms with Gasteiger partial charge in [-0.25, -0.2) is 9.97 Å². The van der Waals surface area contributed by atoms with Gasteiger partial charge in [0, 0.05) is 26.2 Å². The molecule has 0 amide bonds. The van der Waals surface area contributed by atoms with Crippen LogP contribution in [0.3, 0.4) is 0 Å². The van der Waals surface area contributed by atoms with Crippen LogP contribution in [0.5, 0.6) is 0 Å². The second kappa shape index (κ2) is 6.48. The lowest BCUT2D eigenvalue weighted by atomic mass is 10.3. The fraction of sp³-hybridized carbons (Fsp3) is 0.333. The van der Waals surface area contributed by atoms with E-state index in [1.807, 2.05) is 30.3 Å². The Balaban J connectivity index is 1.71. The van der Waals surface area contributed by atoms with Crippen molar-refractivity contribution < 1.29 is 0 Å². The molecule has 0 aliphatic carbocycles. The van der Waals surface area contributed by atoms with Crippen LogP contribution in [-0.4, -0.2) is 48.1 Å². The SMILES string of the molecule is CN1CCN(c2ncnc(NNc3ccccc3)c2N)CC1. The van der Waals surface area contributed by atoms with E-state index >= 15 is 0 Å². The predicted molar refractivity (Wildman–Crippen MR) is 89.8 cm³/mol. The van der Waals surface area contributed by atoms with Crippen LogP contribution < -0.4 is 21.5 Å². The first-order valence-electron chi connectivity index (χ1n) is 7.35. The van der Waals surface area contributed by atoms with Gasteiger partial charge in [-0.1, -0.05) is 18.2 Å². The molecule has 4 N–H and O–H groups in total. The molecular weight excluding hydrogens is 278 g/mol. The van der Waals surface area contributed by atoms with Gasteiger partial charge < -0.3 is 15.5 Å². The van der Waals surface area contributed by atoms with Crippen molar-refractivity contribution in [2.24, 2.45) is 0 Å². The smallest absolute Gasteiger partial charge is 0.173 e. The van der Waals surface area contributed by atoms with E-state index in [2.05, 4.69) is 37.7 Å². The van der Waals surface area contributed by atoms with Crippen molar-refractivity contribution in [3.05, 3.63) is 36.7 Å². The van der Waals surface area contributed by atoms with Crippen LogP contribution in [0.25, 0.3) is 0 Å². The quantitative estimate of drug-likeness (QED) is 0.733. The summed E-state index contributed by atoms with van der Waals surface area (Å²) in [6.07, 6.45) is 1.54. The maximum Gasteiger partial charge on any atom is 0.173 e. The summed E-state index contributed by atoms with van der Waals surface area (Å²) in [5.41, 5.74) is 13.9. The first-order chi connectivity index (χ1) is 10.7. The molecular formula is C15H21N7. The third kappa shape index (κ3) is 3.20. The van der Waals surface area contributed by atoms with Crippen LogP contribution in [0, 0.1) is 0 Å². The van der Waals surface area contributed by atoms with Crippen LogP contribution in [-0.2, 0) is 0 Å². The molecule has 1 aromatic heterocycles. The number of anilines is 4. The van der Waals surface area contributed by atoms with Crippen molar-refractivity contribution in [3.63, 3.8) is 0 Å². The molecule has 116 valence electrons. The Morgan fingerprint density at radius 3 is 2.45 bits per heavy atom. The number of nitrogens with two attached hydrogens (primary N) is 1. The number of para-hydroxylation sites is 1. The monoisotopic (exact) mass is 299 g/mol. The normalized spacial score (nSPS) is 15.6. The molecule has 0 radical (unpaired) electrons. The largest absolute Gasteiger partial charge is 0.393 e. The molecule has 0 spiro atoms. The molecule has 1 aromatic carbocycles. The second-order valence-electron chi connectivity index (χ2n) is 5.37. The summed E-state index contributed by atoms with van der Waals surface area (Å²) in [5, 5.41) is 0. The number of nitrogens with one attached hydrogen (secondary N) is 2. The number of hydrazine groups is 1. The lowest BCUT2D eigenvalue weighted by Crippen LogP contribution is -2.45. The van der Waals surface area contributed by atoms with E-state index in [0.29, 0.717) is 11.5 Å². The standard InChI is InChI=1S/C15H21N7/c1-21-7-9-22(10-8-21)15-13(16)14(17-11-18-15)20-19-12-5-3-2-4-6-12/h2-6,11,19H,7-10,16H2,1H3,(H,17,18,20). The van der Waals surface area contributed by atoms with E-state index in [1.165, 1.54) is 0 Å². The second-order valence-corrected chi connectivity index (χ2v) is 5.37. The molecule has 0 unspecified atom stereocenters. The first kappa shape index (κ1) is 14.4. The molecule has 22 heavy (non-hydrogen) atoms. The highest BCUT2D eigenvalue weighted by molar-refractivity contribution is 5.75. The zero-order valence-corrected chi connectivity index (χ0v) is 12.7.